The number of rotatable bonds is 5. The first kappa shape index (κ1) is 24.4. The Morgan fingerprint density at radius 3 is 2.65 bits per heavy atom. The van der Waals surface area contributed by atoms with E-state index in [4.69, 9.17) is 9.52 Å². The summed E-state index contributed by atoms with van der Waals surface area (Å²) in [5, 5.41) is 10.6. The number of hydrogen-bond acceptors (Lipinski definition) is 8. The van der Waals surface area contributed by atoms with Crippen LogP contribution in [-0.2, 0) is 21.1 Å². The highest BCUT2D eigenvalue weighted by atomic mass is 32.2. The van der Waals surface area contributed by atoms with Gasteiger partial charge in [-0.1, -0.05) is 0 Å². The molecule has 5 rings (SSSR count). The van der Waals surface area contributed by atoms with Gasteiger partial charge in [-0.25, -0.2) is 13.4 Å². The summed E-state index contributed by atoms with van der Waals surface area (Å²) in [7, 11) is -3.74. The maximum Gasteiger partial charge on any atom is 0.295 e. The number of nitrogens with zero attached hydrogens (tertiary/aromatic N) is 3. The van der Waals surface area contributed by atoms with E-state index < -0.39 is 15.4 Å². The molecule has 1 aliphatic heterocycles. The highest BCUT2D eigenvalue weighted by molar-refractivity contribution is 7.90. The Hall–Kier alpha value is -4.25. The van der Waals surface area contributed by atoms with Gasteiger partial charge < -0.3 is 15.1 Å². The number of aromatic nitrogens is 3. The molecule has 0 spiro atoms. The summed E-state index contributed by atoms with van der Waals surface area (Å²) in [5.74, 6) is 0.262. The maximum absolute atomic E-state index is 13.7. The van der Waals surface area contributed by atoms with Crippen LogP contribution in [0, 0.1) is 6.92 Å². The van der Waals surface area contributed by atoms with Crippen molar-refractivity contribution in [2.75, 3.05) is 23.4 Å². The van der Waals surface area contributed by atoms with Gasteiger partial charge in [-0.15, -0.1) is 0 Å². The number of anilines is 2. The monoisotopic (exact) mass is 519 g/mol. The minimum atomic E-state index is -3.74. The second-order valence-corrected chi connectivity index (χ2v) is 11.0. The molecule has 37 heavy (non-hydrogen) atoms. The van der Waals surface area contributed by atoms with Gasteiger partial charge in [-0.05, 0) is 61.7 Å². The van der Waals surface area contributed by atoms with Crippen molar-refractivity contribution in [2.24, 2.45) is 0 Å². The van der Waals surface area contributed by atoms with Gasteiger partial charge in [-0.2, -0.15) is 9.78 Å². The van der Waals surface area contributed by atoms with Crippen LogP contribution in [0.4, 0.5) is 11.4 Å². The third kappa shape index (κ3) is 4.77. The lowest BCUT2D eigenvalue weighted by atomic mass is 9.96. The molecule has 0 aliphatic carbocycles. The van der Waals surface area contributed by atoms with Crippen LogP contribution in [0.1, 0.15) is 24.5 Å². The van der Waals surface area contributed by atoms with E-state index in [0.717, 1.165) is 39.6 Å². The molecule has 0 unspecified atom stereocenters. The van der Waals surface area contributed by atoms with E-state index in [1.165, 1.54) is 31.5 Å². The van der Waals surface area contributed by atoms with E-state index in [-0.39, 0.29) is 16.5 Å². The predicted molar refractivity (Wildman–Crippen MR) is 140 cm³/mol. The molecule has 2 aromatic heterocycles. The highest BCUT2D eigenvalue weighted by Crippen LogP contribution is 2.33. The molecule has 3 heterocycles. The van der Waals surface area contributed by atoms with Crippen molar-refractivity contribution in [3.05, 3.63) is 70.5 Å². The minimum absolute atomic E-state index is 0.0540. The normalized spacial score (nSPS) is 13.1. The Labute approximate surface area is 213 Å². The Balaban J connectivity index is 1.80. The van der Waals surface area contributed by atoms with Crippen molar-refractivity contribution in [3.63, 3.8) is 0 Å². The lowest BCUT2D eigenvalue weighted by Crippen LogP contribution is -2.31. The summed E-state index contributed by atoms with van der Waals surface area (Å²) in [4.78, 5) is 29.3. The molecule has 0 saturated carbocycles. The van der Waals surface area contributed by atoms with Gasteiger partial charge in [0, 0.05) is 42.1 Å². The molecule has 2 aromatic carbocycles. The summed E-state index contributed by atoms with van der Waals surface area (Å²) in [6, 6.07) is 10.1. The summed E-state index contributed by atoms with van der Waals surface area (Å²) in [6.45, 7) is 3.90. The number of nitrogens with one attached hydrogen (secondary N) is 2. The Morgan fingerprint density at radius 2 is 1.95 bits per heavy atom. The van der Waals surface area contributed by atoms with Gasteiger partial charge in [0.1, 0.15) is 5.69 Å². The maximum atomic E-state index is 13.7. The topological polar surface area (TPSA) is 136 Å². The Bertz CT molecular complexity index is 1690. The smallest absolute Gasteiger partial charge is 0.295 e. The molecule has 0 atom stereocenters. The van der Waals surface area contributed by atoms with Crippen LogP contribution in [-0.4, -0.2) is 41.9 Å². The van der Waals surface area contributed by atoms with Gasteiger partial charge in [-0.3, -0.25) is 9.59 Å². The Morgan fingerprint density at radius 1 is 1.16 bits per heavy atom. The molecule has 190 valence electrons. The zero-order chi connectivity index (χ0) is 26.3. The second-order valence-electron chi connectivity index (χ2n) is 9.04. The fourth-order valence-corrected chi connectivity index (χ4v) is 5.40. The molecule has 2 N–H and O–H groups in total. The van der Waals surface area contributed by atoms with Crippen LogP contribution >= 0.6 is 0 Å². The lowest BCUT2D eigenvalue weighted by Gasteiger charge is -2.23. The minimum Gasteiger partial charge on any atom is -0.444 e. The average molecular weight is 520 g/mol. The van der Waals surface area contributed by atoms with E-state index in [1.807, 2.05) is 25.1 Å². The number of hydrogen-bond donors (Lipinski definition) is 2. The number of fused-ring (bicyclic) bond motifs is 1. The van der Waals surface area contributed by atoms with Crippen LogP contribution in [0.5, 0.6) is 0 Å². The van der Waals surface area contributed by atoms with Crippen LogP contribution in [0.25, 0.3) is 28.3 Å². The van der Waals surface area contributed by atoms with E-state index in [9.17, 15) is 18.0 Å². The van der Waals surface area contributed by atoms with Crippen LogP contribution in [0.3, 0.4) is 0 Å². The third-order valence-corrected chi connectivity index (χ3v) is 7.22. The molecular weight excluding hydrogens is 494 g/mol. The largest absolute Gasteiger partial charge is 0.444 e. The van der Waals surface area contributed by atoms with E-state index in [0.29, 0.717) is 35.8 Å². The first-order valence-electron chi connectivity index (χ1n) is 11.6. The number of sulfone groups is 1. The van der Waals surface area contributed by atoms with Gasteiger partial charge in [0.05, 0.1) is 22.5 Å². The summed E-state index contributed by atoms with van der Waals surface area (Å²) >= 11 is 0. The summed E-state index contributed by atoms with van der Waals surface area (Å²) < 4.78 is 31.9. The van der Waals surface area contributed by atoms with E-state index in [1.54, 1.807) is 6.20 Å². The molecule has 0 radical (unpaired) electrons. The molecule has 4 aromatic rings. The molecule has 11 heteroatoms. The quantitative estimate of drug-likeness (QED) is 0.408. The number of carbonyl (C=O) groups is 1. The van der Waals surface area contributed by atoms with E-state index >= 15 is 0 Å². The fraction of sp³-hybridized carbons (Fsp3) is 0.231. The summed E-state index contributed by atoms with van der Waals surface area (Å²) in [5.41, 5.74) is 4.13. The third-order valence-electron chi connectivity index (χ3n) is 6.07. The van der Waals surface area contributed by atoms with Crippen molar-refractivity contribution < 1.29 is 17.6 Å². The van der Waals surface area contributed by atoms with Crippen molar-refractivity contribution >= 4 is 27.1 Å². The fourth-order valence-electron chi connectivity index (χ4n) is 4.56. The van der Waals surface area contributed by atoms with Gasteiger partial charge >= 0.3 is 0 Å². The molecule has 1 aliphatic rings. The van der Waals surface area contributed by atoms with Crippen molar-refractivity contribution in [1.82, 2.24) is 14.8 Å². The number of amides is 1. The zero-order valence-electron chi connectivity index (χ0n) is 20.5. The first-order chi connectivity index (χ1) is 17.6. The van der Waals surface area contributed by atoms with Crippen LogP contribution in [0.2, 0.25) is 0 Å². The zero-order valence-corrected chi connectivity index (χ0v) is 21.3. The second kappa shape index (κ2) is 9.32. The SMILES string of the molecule is CC(=O)Nc1ccc(S(C)(=O)=O)c(-n2nc(-c3cc(C)cc(-c4cnco4)c3)c3c(c2=O)NCCC3)c1. The average Bonchev–Trinajstić information content (AvgIpc) is 3.38. The number of benzene rings is 2. The number of carbonyl (C=O) groups excluding carboxylic acids is 1. The van der Waals surface area contributed by atoms with E-state index in [2.05, 4.69) is 15.6 Å². The molecule has 10 nitrogen and oxygen atoms in total. The molecule has 0 bridgehead atoms. The lowest BCUT2D eigenvalue weighted by molar-refractivity contribution is -0.114. The van der Waals surface area contributed by atoms with Gasteiger partial charge in [0.15, 0.2) is 22.0 Å². The molecular formula is C26H25N5O5S. The molecule has 0 fully saturated rings. The standard InChI is InChI=1S/C26H25N5O5S/c1-15-9-17(22-13-27-14-36-22)11-18(10-15)24-20-5-4-8-28-25(20)26(33)31(30-24)21-12-19(29-16(2)32)6-7-23(21)37(3,34)35/h6-7,9-14,28H,4-5,8H2,1-3H3,(H,29,32). The Kier molecular flexibility index (Phi) is 6.16. The number of aryl methyl sites for hydroxylation is 1. The number of oxazole rings is 1. The predicted octanol–water partition coefficient (Wildman–Crippen LogP) is 3.58. The van der Waals surface area contributed by atoms with Crippen LogP contribution < -0.4 is 16.2 Å². The summed E-state index contributed by atoms with van der Waals surface area (Å²) in [6.07, 6.45) is 5.50. The molecule has 1 amide bonds. The van der Waals surface area contributed by atoms with Gasteiger partial charge in [0.25, 0.3) is 5.56 Å². The van der Waals surface area contributed by atoms with Crippen molar-refractivity contribution in [2.45, 2.75) is 31.6 Å². The highest BCUT2D eigenvalue weighted by Gasteiger charge is 2.25. The molecule has 0 saturated heterocycles. The van der Waals surface area contributed by atoms with Crippen LogP contribution in [0.15, 0.2) is 63.1 Å². The first-order valence-corrected chi connectivity index (χ1v) is 13.5. The van der Waals surface area contributed by atoms with Crippen molar-refractivity contribution in [1.29, 1.82) is 0 Å². The van der Waals surface area contributed by atoms with Crippen molar-refractivity contribution in [3.8, 4) is 28.3 Å². The van der Waals surface area contributed by atoms with Gasteiger partial charge in [0.2, 0.25) is 5.91 Å².